The highest BCUT2D eigenvalue weighted by Gasteiger charge is 2.15. The van der Waals surface area contributed by atoms with Crippen LogP contribution in [-0.2, 0) is 0 Å². The average Bonchev–Trinajstić information content (AvgIpc) is 2.90. The molecule has 112 valence electrons. The standard InChI is InChI=1S/C14H18N4O2S/c1-8(2)14-17-12(7-21-14)10(4)16-13-9(3)5-11(6-15-13)18(19)20/h5-8,10H,1-4H3,(H,15,16). The fourth-order valence-corrected chi connectivity index (χ4v) is 2.78. The summed E-state index contributed by atoms with van der Waals surface area (Å²) in [6, 6.07) is 1.52. The molecule has 1 unspecified atom stereocenters. The van der Waals surface area contributed by atoms with Gasteiger partial charge in [-0.1, -0.05) is 13.8 Å². The van der Waals surface area contributed by atoms with Gasteiger partial charge in [-0.05, 0) is 19.4 Å². The molecule has 2 aromatic rings. The second kappa shape index (κ2) is 6.17. The second-order valence-electron chi connectivity index (χ2n) is 5.25. The van der Waals surface area contributed by atoms with Crippen molar-refractivity contribution in [2.24, 2.45) is 0 Å². The molecule has 1 N–H and O–H groups in total. The van der Waals surface area contributed by atoms with Crippen molar-refractivity contribution in [3.63, 3.8) is 0 Å². The molecule has 2 aromatic heterocycles. The lowest BCUT2D eigenvalue weighted by Crippen LogP contribution is -2.10. The Kier molecular flexibility index (Phi) is 4.52. The Labute approximate surface area is 127 Å². The summed E-state index contributed by atoms with van der Waals surface area (Å²) in [7, 11) is 0. The molecule has 0 aliphatic carbocycles. The van der Waals surface area contributed by atoms with Crippen molar-refractivity contribution in [3.8, 4) is 0 Å². The molecular formula is C14H18N4O2S. The molecule has 2 heterocycles. The Morgan fingerprint density at radius 1 is 1.38 bits per heavy atom. The highest BCUT2D eigenvalue weighted by atomic mass is 32.1. The number of nitrogens with zero attached hydrogens (tertiary/aromatic N) is 3. The normalized spacial score (nSPS) is 12.4. The van der Waals surface area contributed by atoms with E-state index in [-0.39, 0.29) is 11.7 Å². The Hall–Kier alpha value is -2.02. The van der Waals surface area contributed by atoms with E-state index in [1.54, 1.807) is 18.3 Å². The molecule has 6 nitrogen and oxygen atoms in total. The number of nitro groups is 1. The van der Waals surface area contributed by atoms with E-state index in [1.165, 1.54) is 12.3 Å². The first-order chi connectivity index (χ1) is 9.88. The van der Waals surface area contributed by atoms with Gasteiger partial charge in [0.1, 0.15) is 12.0 Å². The zero-order chi connectivity index (χ0) is 15.6. The first kappa shape index (κ1) is 15.4. The van der Waals surface area contributed by atoms with Crippen molar-refractivity contribution in [1.29, 1.82) is 0 Å². The van der Waals surface area contributed by atoms with Crippen LogP contribution >= 0.6 is 11.3 Å². The quantitative estimate of drug-likeness (QED) is 0.665. The molecule has 0 bridgehead atoms. The molecule has 0 fully saturated rings. The monoisotopic (exact) mass is 306 g/mol. The van der Waals surface area contributed by atoms with Crippen molar-refractivity contribution in [1.82, 2.24) is 9.97 Å². The summed E-state index contributed by atoms with van der Waals surface area (Å²) in [4.78, 5) is 19.0. The smallest absolute Gasteiger partial charge is 0.287 e. The van der Waals surface area contributed by atoms with E-state index in [0.29, 0.717) is 11.7 Å². The maximum absolute atomic E-state index is 10.7. The van der Waals surface area contributed by atoms with Crippen molar-refractivity contribution in [2.45, 2.75) is 39.7 Å². The lowest BCUT2D eigenvalue weighted by Gasteiger charge is -2.14. The fourth-order valence-electron chi connectivity index (χ4n) is 1.85. The van der Waals surface area contributed by atoms with Crippen LogP contribution in [0.3, 0.4) is 0 Å². The first-order valence-electron chi connectivity index (χ1n) is 6.71. The van der Waals surface area contributed by atoms with Gasteiger partial charge >= 0.3 is 0 Å². The SMILES string of the molecule is Cc1cc([N+](=O)[O-])cnc1NC(C)c1csc(C(C)C)n1. The van der Waals surface area contributed by atoms with Gasteiger partial charge in [0, 0.05) is 17.4 Å². The molecule has 7 heteroatoms. The molecule has 0 radical (unpaired) electrons. The molecule has 1 atom stereocenters. The van der Waals surface area contributed by atoms with Gasteiger partial charge in [0.05, 0.1) is 21.7 Å². The van der Waals surface area contributed by atoms with Crippen LogP contribution in [0.15, 0.2) is 17.6 Å². The second-order valence-corrected chi connectivity index (χ2v) is 6.14. The van der Waals surface area contributed by atoms with Crippen LogP contribution in [0.4, 0.5) is 11.5 Å². The first-order valence-corrected chi connectivity index (χ1v) is 7.59. The molecule has 0 spiro atoms. The molecule has 21 heavy (non-hydrogen) atoms. The number of anilines is 1. The summed E-state index contributed by atoms with van der Waals surface area (Å²) in [5, 5.41) is 17.1. The Bertz CT molecular complexity index is 654. The van der Waals surface area contributed by atoms with Gasteiger partial charge < -0.3 is 5.32 Å². The number of hydrogen-bond donors (Lipinski definition) is 1. The fraction of sp³-hybridized carbons (Fsp3) is 0.429. The van der Waals surface area contributed by atoms with Crippen molar-refractivity contribution in [3.05, 3.63) is 44.0 Å². The van der Waals surface area contributed by atoms with Crippen molar-refractivity contribution in [2.75, 3.05) is 5.32 Å². The van der Waals surface area contributed by atoms with Crippen LogP contribution in [0.25, 0.3) is 0 Å². The van der Waals surface area contributed by atoms with E-state index < -0.39 is 4.92 Å². The van der Waals surface area contributed by atoms with Gasteiger partial charge in [0.25, 0.3) is 5.69 Å². The van der Waals surface area contributed by atoms with Gasteiger partial charge in [0.2, 0.25) is 0 Å². The number of rotatable bonds is 5. The van der Waals surface area contributed by atoms with E-state index in [1.807, 2.05) is 12.3 Å². The lowest BCUT2D eigenvalue weighted by atomic mass is 10.2. The lowest BCUT2D eigenvalue weighted by molar-refractivity contribution is -0.385. The number of aromatic nitrogens is 2. The zero-order valence-corrected chi connectivity index (χ0v) is 13.3. The molecule has 0 aliphatic rings. The minimum Gasteiger partial charge on any atom is -0.362 e. The van der Waals surface area contributed by atoms with Crippen LogP contribution in [0.5, 0.6) is 0 Å². The molecule has 0 amide bonds. The third-order valence-electron chi connectivity index (χ3n) is 3.11. The summed E-state index contributed by atoms with van der Waals surface area (Å²) in [6.45, 7) is 8.03. The Morgan fingerprint density at radius 2 is 2.10 bits per heavy atom. The van der Waals surface area contributed by atoms with Crippen LogP contribution in [0.1, 0.15) is 49.0 Å². The maximum Gasteiger partial charge on any atom is 0.287 e. The minimum absolute atomic E-state index is 0.00130. The minimum atomic E-state index is -0.442. The number of thiazole rings is 1. The van der Waals surface area contributed by atoms with Gasteiger partial charge in [0.15, 0.2) is 0 Å². The van der Waals surface area contributed by atoms with Gasteiger partial charge in [-0.25, -0.2) is 9.97 Å². The number of aryl methyl sites for hydroxylation is 1. The molecule has 0 saturated carbocycles. The highest BCUT2D eigenvalue weighted by molar-refractivity contribution is 7.09. The largest absolute Gasteiger partial charge is 0.362 e. The average molecular weight is 306 g/mol. The third-order valence-corrected chi connectivity index (χ3v) is 4.27. The number of pyridine rings is 1. The zero-order valence-electron chi connectivity index (χ0n) is 12.5. The summed E-state index contributed by atoms with van der Waals surface area (Å²) in [5.41, 5.74) is 1.71. The summed E-state index contributed by atoms with van der Waals surface area (Å²) >= 11 is 1.65. The van der Waals surface area contributed by atoms with Crippen molar-refractivity contribution >= 4 is 22.8 Å². The van der Waals surface area contributed by atoms with E-state index in [4.69, 9.17) is 0 Å². The maximum atomic E-state index is 10.7. The van der Waals surface area contributed by atoms with E-state index in [9.17, 15) is 10.1 Å². The summed E-state index contributed by atoms with van der Waals surface area (Å²) in [6.07, 6.45) is 1.27. The molecule has 2 rings (SSSR count). The van der Waals surface area contributed by atoms with Gasteiger partial charge in [-0.15, -0.1) is 11.3 Å². The summed E-state index contributed by atoms with van der Waals surface area (Å²) in [5.74, 6) is 1.06. The van der Waals surface area contributed by atoms with E-state index in [0.717, 1.165) is 16.3 Å². The van der Waals surface area contributed by atoms with Crippen molar-refractivity contribution < 1.29 is 4.92 Å². The Morgan fingerprint density at radius 3 is 2.62 bits per heavy atom. The van der Waals surface area contributed by atoms with E-state index in [2.05, 4.69) is 29.1 Å². The number of hydrogen-bond acceptors (Lipinski definition) is 6. The van der Waals surface area contributed by atoms with Crippen LogP contribution in [0.2, 0.25) is 0 Å². The molecule has 0 saturated heterocycles. The predicted octanol–water partition coefficient (Wildman–Crippen LogP) is 4.05. The molecule has 0 aromatic carbocycles. The highest BCUT2D eigenvalue weighted by Crippen LogP contribution is 2.26. The predicted molar refractivity (Wildman–Crippen MR) is 83.9 cm³/mol. The third kappa shape index (κ3) is 3.55. The van der Waals surface area contributed by atoms with E-state index >= 15 is 0 Å². The van der Waals surface area contributed by atoms with Gasteiger partial charge in [-0.3, -0.25) is 10.1 Å². The topological polar surface area (TPSA) is 81.0 Å². The van der Waals surface area contributed by atoms with Crippen LogP contribution in [0, 0.1) is 17.0 Å². The number of nitrogens with one attached hydrogen (secondary N) is 1. The Balaban J connectivity index is 2.15. The summed E-state index contributed by atoms with van der Waals surface area (Å²) < 4.78 is 0. The molecular weight excluding hydrogens is 288 g/mol. The van der Waals surface area contributed by atoms with Crippen LogP contribution < -0.4 is 5.32 Å². The molecule has 0 aliphatic heterocycles. The van der Waals surface area contributed by atoms with Gasteiger partial charge in [-0.2, -0.15) is 0 Å². The van der Waals surface area contributed by atoms with Crippen LogP contribution in [-0.4, -0.2) is 14.9 Å².